The van der Waals surface area contributed by atoms with Gasteiger partial charge in [0.2, 0.25) is 5.91 Å². The van der Waals surface area contributed by atoms with Gasteiger partial charge in [0.25, 0.3) is 5.91 Å². The van der Waals surface area contributed by atoms with Crippen LogP contribution in [0.1, 0.15) is 61.7 Å². The lowest BCUT2D eigenvalue weighted by atomic mass is 9.61. The average Bonchev–Trinajstić information content (AvgIpc) is 3.33. The largest absolute Gasteiger partial charge is 0.342 e. The van der Waals surface area contributed by atoms with Gasteiger partial charge < -0.3 is 9.80 Å². The Morgan fingerprint density at radius 1 is 1.04 bits per heavy atom. The molecule has 0 unspecified atom stereocenters. The Kier molecular flexibility index (Phi) is 4.72. The van der Waals surface area contributed by atoms with E-state index >= 15 is 0 Å². The summed E-state index contributed by atoms with van der Waals surface area (Å²) < 4.78 is 0.961. The van der Waals surface area contributed by atoms with Gasteiger partial charge in [0.1, 0.15) is 4.34 Å². The van der Waals surface area contributed by atoms with Gasteiger partial charge in [0.15, 0.2) is 0 Å². The highest BCUT2D eigenvalue weighted by Crippen LogP contribution is 2.54. The number of carbonyl (C=O) groups excluding carboxylic acids is 2. The molecule has 5 rings (SSSR count). The molecular formula is C21H26Cl2N2O2S. The molecule has 0 radical (unpaired) electrons. The van der Waals surface area contributed by atoms with E-state index in [-0.39, 0.29) is 11.3 Å². The number of nitrogens with zero attached hydrogens (tertiary/aromatic N) is 2. The Morgan fingerprint density at radius 2 is 1.75 bits per heavy atom. The maximum Gasteiger partial charge on any atom is 0.256 e. The molecule has 0 bridgehead atoms. The fourth-order valence-corrected chi connectivity index (χ4v) is 7.57. The van der Waals surface area contributed by atoms with Crippen molar-refractivity contribution >= 4 is 46.4 Å². The number of hydrogen-bond acceptors (Lipinski definition) is 3. The third kappa shape index (κ3) is 2.92. The Labute approximate surface area is 180 Å². The molecule has 1 aromatic heterocycles. The quantitative estimate of drug-likeness (QED) is 0.642. The predicted octanol–water partition coefficient (Wildman–Crippen LogP) is 5.09. The molecular weight excluding hydrogens is 415 g/mol. The zero-order chi connectivity index (χ0) is 19.5. The van der Waals surface area contributed by atoms with Crippen molar-refractivity contribution in [2.24, 2.45) is 16.7 Å². The van der Waals surface area contributed by atoms with Gasteiger partial charge in [-0.1, -0.05) is 36.0 Å². The first-order valence-electron chi connectivity index (χ1n) is 10.5. The zero-order valence-corrected chi connectivity index (χ0v) is 18.3. The van der Waals surface area contributed by atoms with Gasteiger partial charge in [-0.05, 0) is 55.9 Å². The van der Waals surface area contributed by atoms with E-state index in [1.165, 1.54) is 37.0 Å². The standard InChI is InChI=1S/C21H26Cl2N2O2S/c22-16-11-15(17(23)28-16)18(26)25-12-14-3-6-21(14,13-25)19(27)24-9-7-20(8-10-24)4-1-2-5-20/h11,14H,1-10,12-13H2/t14-,21-/m0/s1. The summed E-state index contributed by atoms with van der Waals surface area (Å²) >= 11 is 13.4. The molecule has 2 saturated heterocycles. The topological polar surface area (TPSA) is 40.6 Å². The monoisotopic (exact) mass is 440 g/mol. The number of amides is 2. The van der Waals surface area contributed by atoms with Crippen LogP contribution in [0.25, 0.3) is 0 Å². The van der Waals surface area contributed by atoms with E-state index in [9.17, 15) is 9.59 Å². The number of likely N-dealkylation sites (tertiary alicyclic amines) is 2. The molecule has 28 heavy (non-hydrogen) atoms. The molecule has 0 aromatic carbocycles. The number of thiophene rings is 1. The minimum atomic E-state index is -0.359. The van der Waals surface area contributed by atoms with Gasteiger partial charge >= 0.3 is 0 Å². The third-order valence-corrected chi connectivity index (χ3v) is 9.50. The van der Waals surface area contributed by atoms with E-state index in [1.54, 1.807) is 6.07 Å². The van der Waals surface area contributed by atoms with Gasteiger partial charge in [-0.25, -0.2) is 0 Å². The number of hydrogen-bond donors (Lipinski definition) is 0. The van der Waals surface area contributed by atoms with Crippen LogP contribution in [0, 0.1) is 16.7 Å². The van der Waals surface area contributed by atoms with Gasteiger partial charge in [-0.2, -0.15) is 0 Å². The number of fused-ring (bicyclic) bond motifs is 1. The lowest BCUT2D eigenvalue weighted by Gasteiger charge is -2.48. The SMILES string of the molecule is O=C(c1cc(Cl)sc1Cl)N1C[C@@H]2CC[C@]2(C(=O)N2CCC3(CCCC3)CC2)C1. The Hall–Kier alpha value is -0.780. The highest BCUT2D eigenvalue weighted by Gasteiger charge is 2.60. The number of rotatable bonds is 2. The zero-order valence-electron chi connectivity index (χ0n) is 16.0. The molecule has 0 N–H and O–H groups in total. The summed E-state index contributed by atoms with van der Waals surface area (Å²) in [6.07, 6.45) is 9.64. The summed E-state index contributed by atoms with van der Waals surface area (Å²) in [6.45, 7) is 2.98. The molecule has 152 valence electrons. The first-order valence-corrected chi connectivity index (χ1v) is 12.0. The highest BCUT2D eigenvalue weighted by molar-refractivity contribution is 7.20. The average molecular weight is 441 g/mol. The molecule has 7 heteroatoms. The van der Waals surface area contributed by atoms with Crippen molar-refractivity contribution in [1.82, 2.24) is 9.80 Å². The second-order valence-electron chi connectivity index (χ2n) is 9.31. The lowest BCUT2D eigenvalue weighted by molar-refractivity contribution is -0.152. The van der Waals surface area contributed by atoms with Crippen molar-refractivity contribution in [3.05, 3.63) is 20.3 Å². The van der Waals surface area contributed by atoms with Crippen LogP contribution in [0.2, 0.25) is 8.67 Å². The molecule has 2 saturated carbocycles. The van der Waals surface area contributed by atoms with E-state index in [1.807, 2.05) is 4.90 Å². The smallest absolute Gasteiger partial charge is 0.256 e. The molecule has 2 atom stereocenters. The van der Waals surface area contributed by atoms with Crippen LogP contribution < -0.4 is 0 Å². The van der Waals surface area contributed by atoms with Crippen LogP contribution in [0.4, 0.5) is 0 Å². The van der Waals surface area contributed by atoms with Crippen molar-refractivity contribution in [3.63, 3.8) is 0 Å². The van der Waals surface area contributed by atoms with Crippen LogP contribution >= 0.6 is 34.5 Å². The van der Waals surface area contributed by atoms with Crippen LogP contribution in [0.5, 0.6) is 0 Å². The van der Waals surface area contributed by atoms with E-state index < -0.39 is 0 Å². The number of carbonyl (C=O) groups is 2. The van der Waals surface area contributed by atoms with Crippen LogP contribution in [0.3, 0.4) is 0 Å². The molecule has 1 spiro atoms. The fourth-order valence-electron chi connectivity index (χ4n) is 6.13. The maximum absolute atomic E-state index is 13.5. The van der Waals surface area contributed by atoms with E-state index in [4.69, 9.17) is 23.2 Å². The summed E-state index contributed by atoms with van der Waals surface area (Å²) in [7, 11) is 0. The van der Waals surface area contributed by atoms with Crippen LogP contribution in [0.15, 0.2) is 6.07 Å². The third-order valence-electron chi connectivity index (χ3n) is 8.01. The summed E-state index contributed by atoms with van der Waals surface area (Å²) in [4.78, 5) is 30.4. The molecule has 2 aliphatic heterocycles. The normalized spacial score (nSPS) is 31.1. The summed E-state index contributed by atoms with van der Waals surface area (Å²) in [5.41, 5.74) is 0.629. The van der Waals surface area contributed by atoms with Gasteiger partial charge in [-0.15, -0.1) is 11.3 Å². The second-order valence-corrected chi connectivity index (χ2v) is 11.6. The molecule has 3 heterocycles. The van der Waals surface area contributed by atoms with Crippen molar-refractivity contribution in [1.29, 1.82) is 0 Å². The van der Waals surface area contributed by atoms with E-state index in [0.717, 1.165) is 38.8 Å². The lowest BCUT2D eigenvalue weighted by Crippen LogP contribution is -2.55. The molecule has 1 aromatic rings. The highest BCUT2D eigenvalue weighted by atomic mass is 35.5. The van der Waals surface area contributed by atoms with Crippen LogP contribution in [-0.2, 0) is 4.79 Å². The Bertz CT molecular complexity index is 809. The molecule has 4 aliphatic rings. The number of halogens is 2. The number of piperidine rings is 1. The fraction of sp³-hybridized carbons (Fsp3) is 0.714. The van der Waals surface area contributed by atoms with Crippen molar-refractivity contribution < 1.29 is 9.59 Å². The van der Waals surface area contributed by atoms with Crippen molar-refractivity contribution in [3.8, 4) is 0 Å². The minimum absolute atomic E-state index is 0.0849. The van der Waals surface area contributed by atoms with Gasteiger partial charge in [-0.3, -0.25) is 9.59 Å². The van der Waals surface area contributed by atoms with Crippen molar-refractivity contribution in [2.45, 2.75) is 51.4 Å². The summed E-state index contributed by atoms with van der Waals surface area (Å²) in [5, 5.41) is 0. The first-order chi connectivity index (χ1) is 13.4. The minimum Gasteiger partial charge on any atom is -0.342 e. The molecule has 2 amide bonds. The Balaban J connectivity index is 1.28. The molecule has 4 nitrogen and oxygen atoms in total. The van der Waals surface area contributed by atoms with Crippen LogP contribution in [-0.4, -0.2) is 47.8 Å². The summed E-state index contributed by atoms with van der Waals surface area (Å²) in [5.74, 6) is 0.499. The Morgan fingerprint density at radius 3 is 2.32 bits per heavy atom. The first kappa shape index (κ1) is 19.2. The van der Waals surface area contributed by atoms with Gasteiger partial charge in [0.05, 0.1) is 15.3 Å². The van der Waals surface area contributed by atoms with Crippen molar-refractivity contribution in [2.75, 3.05) is 26.2 Å². The van der Waals surface area contributed by atoms with Gasteiger partial charge in [0, 0.05) is 26.2 Å². The maximum atomic E-state index is 13.5. The predicted molar refractivity (Wildman–Crippen MR) is 112 cm³/mol. The summed E-state index contributed by atoms with van der Waals surface area (Å²) in [6, 6.07) is 1.65. The van der Waals surface area contributed by atoms with E-state index in [0.29, 0.717) is 44.6 Å². The van der Waals surface area contributed by atoms with E-state index in [2.05, 4.69) is 4.90 Å². The second kappa shape index (κ2) is 6.88. The molecule has 2 aliphatic carbocycles. The molecule has 4 fully saturated rings.